The van der Waals surface area contributed by atoms with Gasteiger partial charge in [-0.3, -0.25) is 4.79 Å². The quantitative estimate of drug-likeness (QED) is 0.292. The standard InChI is InChI=1S/C16H22ClN3O2.C8H8ClNO3.C8H16N2/c1-22-15-8-13(18)12(17)7-11(15)16(21)19-14-4-6-20-5-2-3-10(14)9-20;1-13-7-3-6(10)5(9)2-4(7)8(11)12;9-8-3-5-10-4-1-2-7(8)6-10/h7-8,10,14H,2-6,9,18H2,1H3,(H,19,21);2-3H,10H2,1H3,(H,11,12);7-8H,1-6,9H2. The highest BCUT2D eigenvalue weighted by Gasteiger charge is 2.33. The summed E-state index contributed by atoms with van der Waals surface area (Å²) in [7, 11) is 2.90. The number of hydrogen-bond donors (Lipinski definition) is 5. The molecule has 4 aliphatic rings. The maximum absolute atomic E-state index is 12.6. The Labute approximate surface area is 275 Å². The molecular weight excluding hydrogens is 619 g/mol. The van der Waals surface area contributed by atoms with Gasteiger partial charge in [-0.25, -0.2) is 4.79 Å². The van der Waals surface area contributed by atoms with E-state index in [1.54, 1.807) is 12.1 Å². The lowest BCUT2D eigenvalue weighted by Gasteiger charge is -2.42. The number of methoxy groups -OCH3 is 2. The second kappa shape index (κ2) is 16.0. The van der Waals surface area contributed by atoms with E-state index in [1.165, 1.54) is 84.6 Å². The number of fused-ring (bicyclic) bond motifs is 4. The van der Waals surface area contributed by atoms with Gasteiger partial charge in [-0.05, 0) is 82.1 Å². The average Bonchev–Trinajstić information content (AvgIpc) is 3.03. The first-order valence-corrected chi connectivity index (χ1v) is 16.3. The van der Waals surface area contributed by atoms with Crippen LogP contribution in [0.2, 0.25) is 10.0 Å². The third-order valence-corrected chi connectivity index (χ3v) is 9.88. The lowest BCUT2D eigenvalue weighted by Crippen LogP contribution is -2.53. The molecule has 8 N–H and O–H groups in total. The van der Waals surface area contributed by atoms with Crippen molar-refractivity contribution in [2.75, 3.05) is 65.0 Å². The molecule has 248 valence electrons. The maximum atomic E-state index is 12.6. The summed E-state index contributed by atoms with van der Waals surface area (Å²) in [6.07, 6.45) is 7.37. The Bertz CT molecular complexity index is 1350. The summed E-state index contributed by atoms with van der Waals surface area (Å²) in [5.41, 5.74) is 18.3. The SMILES string of the molecule is COc1cc(N)c(Cl)cc1C(=O)NC1CCN2CCCC1C2.COc1cc(N)c(Cl)cc1C(=O)O.NC1CCN2CCCC1C2. The van der Waals surface area contributed by atoms with Crippen LogP contribution in [-0.2, 0) is 0 Å². The first-order valence-electron chi connectivity index (χ1n) is 15.5. The van der Waals surface area contributed by atoms with Crippen molar-refractivity contribution in [1.29, 1.82) is 0 Å². The van der Waals surface area contributed by atoms with Gasteiger partial charge >= 0.3 is 5.97 Å². The number of benzene rings is 2. The number of nitrogen functional groups attached to an aromatic ring is 2. The molecule has 6 atom stereocenters. The molecule has 6 rings (SSSR count). The molecular formula is C32H46Cl2N6O5. The Morgan fingerprint density at radius 1 is 0.800 bits per heavy atom. The summed E-state index contributed by atoms with van der Waals surface area (Å²) in [6.45, 7) is 7.19. The number of aromatic carboxylic acids is 1. The number of halogens is 2. The van der Waals surface area contributed by atoms with Crippen molar-refractivity contribution in [3.63, 3.8) is 0 Å². The number of nitrogens with two attached hydrogens (primary N) is 3. The smallest absolute Gasteiger partial charge is 0.339 e. The average molecular weight is 666 g/mol. The van der Waals surface area contributed by atoms with Gasteiger partial charge in [0, 0.05) is 43.9 Å². The predicted octanol–water partition coefficient (Wildman–Crippen LogP) is 4.20. The fraction of sp³-hybridized carbons (Fsp3) is 0.562. The van der Waals surface area contributed by atoms with E-state index in [2.05, 4.69) is 15.1 Å². The number of rotatable bonds is 5. The maximum Gasteiger partial charge on any atom is 0.339 e. The molecule has 0 aliphatic carbocycles. The molecule has 45 heavy (non-hydrogen) atoms. The summed E-state index contributed by atoms with van der Waals surface area (Å²) < 4.78 is 10.1. The van der Waals surface area contributed by atoms with Crippen LogP contribution >= 0.6 is 23.2 Å². The van der Waals surface area contributed by atoms with E-state index in [9.17, 15) is 9.59 Å². The Morgan fingerprint density at radius 2 is 1.31 bits per heavy atom. The molecule has 4 saturated heterocycles. The Hall–Kier alpha value is -2.96. The fourth-order valence-electron chi connectivity index (χ4n) is 6.65. The minimum atomic E-state index is -1.10. The second-order valence-electron chi connectivity index (χ2n) is 12.2. The van der Waals surface area contributed by atoms with E-state index >= 15 is 0 Å². The van der Waals surface area contributed by atoms with Crippen molar-refractivity contribution in [2.45, 2.75) is 50.6 Å². The molecule has 11 nitrogen and oxygen atoms in total. The van der Waals surface area contributed by atoms with Gasteiger partial charge < -0.3 is 46.9 Å². The molecule has 4 bridgehead atoms. The summed E-state index contributed by atoms with van der Waals surface area (Å²) in [5, 5.41) is 12.5. The van der Waals surface area contributed by atoms with Gasteiger partial charge in [-0.15, -0.1) is 0 Å². The van der Waals surface area contributed by atoms with Crippen LogP contribution in [0.5, 0.6) is 11.5 Å². The van der Waals surface area contributed by atoms with Crippen molar-refractivity contribution in [2.24, 2.45) is 17.6 Å². The van der Waals surface area contributed by atoms with Crippen LogP contribution in [0.1, 0.15) is 59.2 Å². The number of amides is 1. The lowest BCUT2D eigenvalue weighted by molar-refractivity contribution is 0.0692. The number of carboxylic acid groups (broad SMARTS) is 1. The van der Waals surface area contributed by atoms with Gasteiger partial charge in [0.15, 0.2) is 0 Å². The number of nitrogens with one attached hydrogen (secondary N) is 1. The minimum Gasteiger partial charge on any atom is -0.496 e. The molecule has 0 spiro atoms. The van der Waals surface area contributed by atoms with E-state index in [4.69, 9.17) is 55.0 Å². The highest BCUT2D eigenvalue weighted by atomic mass is 35.5. The third kappa shape index (κ3) is 9.07. The molecule has 1 amide bonds. The highest BCUT2D eigenvalue weighted by molar-refractivity contribution is 6.34. The van der Waals surface area contributed by atoms with Gasteiger partial charge in [0.2, 0.25) is 0 Å². The normalized spacial score (nSPS) is 26.6. The lowest BCUT2D eigenvalue weighted by atomic mass is 9.85. The van der Waals surface area contributed by atoms with Crippen molar-refractivity contribution in [3.8, 4) is 11.5 Å². The molecule has 0 radical (unpaired) electrons. The predicted molar refractivity (Wildman–Crippen MR) is 179 cm³/mol. The van der Waals surface area contributed by atoms with Gasteiger partial charge in [0.05, 0.1) is 41.2 Å². The van der Waals surface area contributed by atoms with Gasteiger partial charge in [0.1, 0.15) is 17.1 Å². The molecule has 4 heterocycles. The molecule has 0 saturated carbocycles. The van der Waals surface area contributed by atoms with Crippen molar-refractivity contribution >= 4 is 46.5 Å². The van der Waals surface area contributed by atoms with Crippen LogP contribution < -0.4 is 32.0 Å². The first-order chi connectivity index (χ1) is 21.5. The summed E-state index contributed by atoms with van der Waals surface area (Å²) in [6, 6.07) is 6.56. The number of carbonyl (C=O) groups is 2. The summed E-state index contributed by atoms with van der Waals surface area (Å²) in [4.78, 5) is 28.3. The Morgan fingerprint density at radius 3 is 1.87 bits per heavy atom. The van der Waals surface area contributed by atoms with Crippen molar-refractivity contribution < 1.29 is 24.2 Å². The summed E-state index contributed by atoms with van der Waals surface area (Å²) >= 11 is 11.7. The van der Waals surface area contributed by atoms with Crippen LogP contribution in [0, 0.1) is 11.8 Å². The van der Waals surface area contributed by atoms with E-state index in [0.717, 1.165) is 25.4 Å². The highest BCUT2D eigenvalue weighted by Crippen LogP contribution is 2.31. The zero-order valence-electron chi connectivity index (χ0n) is 26.1. The van der Waals surface area contributed by atoms with Gasteiger partial charge in [-0.2, -0.15) is 0 Å². The molecule has 13 heteroatoms. The van der Waals surface area contributed by atoms with Crippen molar-refractivity contribution in [3.05, 3.63) is 45.4 Å². The first kappa shape index (κ1) is 34.9. The van der Waals surface area contributed by atoms with Crippen LogP contribution in [0.25, 0.3) is 0 Å². The Balaban J connectivity index is 0.000000169. The zero-order valence-corrected chi connectivity index (χ0v) is 27.6. The van der Waals surface area contributed by atoms with Gasteiger partial charge in [-0.1, -0.05) is 23.2 Å². The largest absolute Gasteiger partial charge is 0.496 e. The molecule has 0 aromatic heterocycles. The zero-order chi connectivity index (χ0) is 32.7. The Kier molecular flexibility index (Phi) is 12.4. The van der Waals surface area contributed by atoms with E-state index in [-0.39, 0.29) is 28.3 Å². The fourth-order valence-corrected chi connectivity index (χ4v) is 6.98. The van der Waals surface area contributed by atoms with Crippen LogP contribution in [0.3, 0.4) is 0 Å². The van der Waals surface area contributed by atoms with E-state index in [0.29, 0.717) is 39.7 Å². The molecule has 4 fully saturated rings. The van der Waals surface area contributed by atoms with Crippen LogP contribution in [0.15, 0.2) is 24.3 Å². The van der Waals surface area contributed by atoms with Crippen LogP contribution in [0.4, 0.5) is 11.4 Å². The summed E-state index contributed by atoms with van der Waals surface area (Å²) in [5.74, 6) is 0.792. The third-order valence-electron chi connectivity index (χ3n) is 9.22. The van der Waals surface area contributed by atoms with Gasteiger partial charge in [0.25, 0.3) is 5.91 Å². The number of anilines is 2. The minimum absolute atomic E-state index is 0.00157. The number of ether oxygens (including phenoxy) is 2. The van der Waals surface area contributed by atoms with E-state index in [1.807, 2.05) is 0 Å². The molecule has 6 unspecified atom stereocenters. The number of carboxylic acids is 1. The second-order valence-corrected chi connectivity index (χ2v) is 13.0. The number of hydrogen-bond acceptors (Lipinski definition) is 9. The van der Waals surface area contributed by atoms with Crippen molar-refractivity contribution in [1.82, 2.24) is 15.1 Å². The number of nitrogens with zero attached hydrogens (tertiary/aromatic N) is 2. The topological polar surface area (TPSA) is 169 Å². The molecule has 2 aromatic rings. The van der Waals surface area contributed by atoms with Crippen LogP contribution in [-0.4, -0.2) is 92.4 Å². The van der Waals surface area contributed by atoms with E-state index < -0.39 is 5.97 Å². The molecule has 2 aromatic carbocycles. The number of piperidine rings is 4. The monoisotopic (exact) mass is 664 g/mol. The molecule has 4 aliphatic heterocycles. The number of carbonyl (C=O) groups excluding carboxylic acids is 1.